The fourth-order valence-corrected chi connectivity index (χ4v) is 4.75. The Bertz CT molecular complexity index is 928. The highest BCUT2D eigenvalue weighted by molar-refractivity contribution is 7.16. The van der Waals surface area contributed by atoms with Crippen molar-refractivity contribution in [2.75, 3.05) is 19.0 Å². The van der Waals surface area contributed by atoms with E-state index in [2.05, 4.69) is 18.3 Å². The van der Waals surface area contributed by atoms with E-state index in [0.717, 1.165) is 36.1 Å². The van der Waals surface area contributed by atoms with E-state index in [1.807, 2.05) is 24.3 Å². The van der Waals surface area contributed by atoms with Crippen LogP contribution >= 0.6 is 11.3 Å². The molecule has 0 saturated heterocycles. The van der Waals surface area contributed by atoms with Gasteiger partial charge in [0.25, 0.3) is 5.91 Å². The van der Waals surface area contributed by atoms with Crippen molar-refractivity contribution in [1.29, 1.82) is 5.26 Å². The number of hydrogen-bond acceptors (Lipinski definition) is 6. The number of fused-ring (bicyclic) bond motifs is 1. The molecular weight excluding hydrogens is 388 g/mol. The van der Waals surface area contributed by atoms with Crippen LogP contribution in [0.2, 0.25) is 0 Å². The maximum absolute atomic E-state index is 12.2. The third kappa shape index (κ3) is 5.36. The van der Waals surface area contributed by atoms with Crippen LogP contribution in [0.3, 0.4) is 0 Å². The van der Waals surface area contributed by atoms with Crippen molar-refractivity contribution in [2.24, 2.45) is 5.92 Å². The number of methoxy groups -OCH3 is 1. The lowest BCUT2D eigenvalue weighted by molar-refractivity contribution is -0.147. The number of carbonyl (C=O) groups is 2. The van der Waals surface area contributed by atoms with Gasteiger partial charge in [-0.05, 0) is 54.9 Å². The lowest BCUT2D eigenvalue weighted by Gasteiger charge is -2.17. The molecule has 29 heavy (non-hydrogen) atoms. The molecule has 1 aromatic carbocycles. The maximum atomic E-state index is 12.2. The summed E-state index contributed by atoms with van der Waals surface area (Å²) in [5.74, 6) is 0.485. The number of esters is 1. The van der Waals surface area contributed by atoms with Gasteiger partial charge in [-0.15, -0.1) is 11.3 Å². The van der Waals surface area contributed by atoms with Crippen molar-refractivity contribution in [2.45, 2.75) is 39.0 Å². The van der Waals surface area contributed by atoms with Gasteiger partial charge in [0.2, 0.25) is 0 Å². The van der Waals surface area contributed by atoms with E-state index < -0.39 is 11.9 Å². The van der Waals surface area contributed by atoms with Gasteiger partial charge in [0.15, 0.2) is 6.61 Å². The van der Waals surface area contributed by atoms with Crippen LogP contribution in [-0.2, 0) is 33.6 Å². The van der Waals surface area contributed by atoms with Crippen LogP contribution in [0.1, 0.15) is 41.3 Å². The van der Waals surface area contributed by atoms with Crippen molar-refractivity contribution in [3.63, 3.8) is 0 Å². The third-order valence-electron chi connectivity index (χ3n) is 5.02. The van der Waals surface area contributed by atoms with Gasteiger partial charge >= 0.3 is 5.97 Å². The molecule has 1 amide bonds. The molecule has 152 valence electrons. The summed E-state index contributed by atoms with van der Waals surface area (Å²) in [4.78, 5) is 25.3. The monoisotopic (exact) mass is 412 g/mol. The summed E-state index contributed by atoms with van der Waals surface area (Å²) in [5, 5.41) is 12.8. The highest BCUT2D eigenvalue weighted by atomic mass is 32.1. The summed E-state index contributed by atoms with van der Waals surface area (Å²) < 4.78 is 10.2. The van der Waals surface area contributed by atoms with E-state index in [4.69, 9.17) is 9.47 Å². The minimum atomic E-state index is -0.434. The van der Waals surface area contributed by atoms with Gasteiger partial charge < -0.3 is 14.8 Å². The summed E-state index contributed by atoms with van der Waals surface area (Å²) in [6.07, 6.45) is 3.57. The average molecular weight is 413 g/mol. The summed E-state index contributed by atoms with van der Waals surface area (Å²) in [6, 6.07) is 9.67. The van der Waals surface area contributed by atoms with Gasteiger partial charge in [0.05, 0.1) is 12.7 Å². The number of hydrogen-bond donors (Lipinski definition) is 1. The minimum Gasteiger partial charge on any atom is -0.497 e. The number of rotatable bonds is 7. The number of nitriles is 1. The van der Waals surface area contributed by atoms with E-state index in [-0.39, 0.29) is 13.0 Å². The number of aryl methyl sites for hydroxylation is 1. The molecule has 1 atom stereocenters. The van der Waals surface area contributed by atoms with E-state index in [0.29, 0.717) is 22.9 Å². The molecule has 1 aromatic heterocycles. The predicted molar refractivity (Wildman–Crippen MR) is 111 cm³/mol. The fraction of sp³-hybridized carbons (Fsp3) is 0.409. The first-order valence-corrected chi connectivity index (χ1v) is 10.4. The lowest BCUT2D eigenvalue weighted by Crippen LogP contribution is -2.21. The number of anilines is 1. The minimum absolute atomic E-state index is 0.189. The first-order valence-electron chi connectivity index (χ1n) is 9.63. The number of benzene rings is 1. The van der Waals surface area contributed by atoms with E-state index in [1.165, 1.54) is 16.2 Å². The number of thiophene rings is 1. The van der Waals surface area contributed by atoms with Gasteiger partial charge in [0.1, 0.15) is 16.8 Å². The molecule has 1 heterocycles. The second kappa shape index (κ2) is 9.57. The van der Waals surface area contributed by atoms with Gasteiger partial charge in [0, 0.05) is 11.3 Å². The van der Waals surface area contributed by atoms with Crippen LogP contribution in [0.25, 0.3) is 0 Å². The van der Waals surface area contributed by atoms with E-state index in [1.54, 1.807) is 7.11 Å². The summed E-state index contributed by atoms with van der Waals surface area (Å²) >= 11 is 1.46. The Balaban J connectivity index is 1.48. The number of carbonyl (C=O) groups excluding carboxylic acids is 2. The second-order valence-electron chi connectivity index (χ2n) is 7.22. The first-order chi connectivity index (χ1) is 14.0. The molecule has 0 radical (unpaired) electrons. The van der Waals surface area contributed by atoms with Gasteiger partial charge in [-0.2, -0.15) is 5.26 Å². The zero-order valence-corrected chi connectivity index (χ0v) is 17.4. The normalized spacial score (nSPS) is 15.1. The van der Waals surface area contributed by atoms with E-state index >= 15 is 0 Å². The van der Waals surface area contributed by atoms with Crippen molar-refractivity contribution < 1.29 is 19.1 Å². The van der Waals surface area contributed by atoms with Gasteiger partial charge in [-0.1, -0.05) is 19.1 Å². The molecule has 1 aliphatic carbocycles. The molecule has 1 N–H and O–H groups in total. The Kier molecular flexibility index (Phi) is 6.89. The predicted octanol–water partition coefficient (Wildman–Crippen LogP) is 3.87. The number of nitrogens with zero attached hydrogens (tertiary/aromatic N) is 1. The molecule has 1 aliphatic rings. The Morgan fingerprint density at radius 3 is 2.76 bits per heavy atom. The first kappa shape index (κ1) is 20.9. The lowest BCUT2D eigenvalue weighted by atomic mass is 9.89. The molecule has 0 unspecified atom stereocenters. The smallest absolute Gasteiger partial charge is 0.306 e. The molecule has 2 aromatic rings. The number of ether oxygens (including phenoxy) is 2. The topological polar surface area (TPSA) is 88.4 Å². The molecule has 3 rings (SSSR count). The average Bonchev–Trinajstić information content (AvgIpc) is 3.06. The molecule has 7 heteroatoms. The Labute approximate surface area is 174 Å². The zero-order valence-electron chi connectivity index (χ0n) is 16.6. The Morgan fingerprint density at radius 1 is 1.31 bits per heavy atom. The van der Waals surface area contributed by atoms with Crippen LogP contribution in [0.5, 0.6) is 5.75 Å². The summed E-state index contributed by atoms with van der Waals surface area (Å²) in [7, 11) is 1.60. The van der Waals surface area contributed by atoms with Crippen LogP contribution < -0.4 is 10.1 Å². The molecule has 0 spiro atoms. The van der Waals surface area contributed by atoms with Crippen LogP contribution in [-0.4, -0.2) is 25.6 Å². The molecule has 0 fully saturated rings. The molecular formula is C22H24N2O4S. The summed E-state index contributed by atoms with van der Waals surface area (Å²) in [5.41, 5.74) is 2.60. The van der Waals surface area contributed by atoms with Crippen molar-refractivity contribution >= 4 is 28.2 Å². The maximum Gasteiger partial charge on any atom is 0.306 e. The zero-order chi connectivity index (χ0) is 20.8. The highest BCUT2D eigenvalue weighted by Crippen LogP contribution is 2.39. The van der Waals surface area contributed by atoms with Crippen LogP contribution in [0, 0.1) is 17.2 Å². The molecule has 6 nitrogen and oxygen atoms in total. The number of amides is 1. The standard InChI is InChI=1S/C22H24N2O4S/c1-14-3-9-17-18(12-23)22(29-19(17)11-14)24-20(25)13-28-21(26)10-6-15-4-7-16(27-2)8-5-15/h4-5,7-8,14H,3,6,9-11,13H2,1-2H3,(H,24,25)/t14-/m1/s1. The van der Waals surface area contributed by atoms with Crippen LogP contribution in [0.4, 0.5) is 5.00 Å². The quantitative estimate of drug-likeness (QED) is 0.698. The Hall–Kier alpha value is -2.85. The van der Waals surface area contributed by atoms with Crippen molar-refractivity contribution in [3.05, 3.63) is 45.8 Å². The Morgan fingerprint density at radius 2 is 2.07 bits per heavy atom. The molecule has 0 saturated carbocycles. The van der Waals surface area contributed by atoms with Crippen molar-refractivity contribution in [1.82, 2.24) is 0 Å². The highest BCUT2D eigenvalue weighted by Gasteiger charge is 2.24. The SMILES string of the molecule is COc1ccc(CCC(=O)OCC(=O)Nc2sc3c(c2C#N)CC[C@@H](C)C3)cc1. The third-order valence-corrected chi connectivity index (χ3v) is 6.19. The van der Waals surface area contributed by atoms with E-state index in [9.17, 15) is 14.9 Å². The van der Waals surface area contributed by atoms with Crippen molar-refractivity contribution in [3.8, 4) is 11.8 Å². The molecule has 0 aliphatic heterocycles. The van der Waals surface area contributed by atoms with Crippen LogP contribution in [0.15, 0.2) is 24.3 Å². The number of nitrogens with one attached hydrogen (secondary N) is 1. The molecule has 0 bridgehead atoms. The largest absolute Gasteiger partial charge is 0.497 e. The van der Waals surface area contributed by atoms with Gasteiger partial charge in [-0.25, -0.2) is 0 Å². The fourth-order valence-electron chi connectivity index (χ4n) is 3.38. The van der Waals surface area contributed by atoms with Gasteiger partial charge in [-0.3, -0.25) is 9.59 Å². The summed E-state index contributed by atoms with van der Waals surface area (Å²) in [6.45, 7) is 1.84. The second-order valence-corrected chi connectivity index (χ2v) is 8.33.